The fraction of sp³-hybridized carbons (Fsp3) is 0.333. The molecule has 0 radical (unpaired) electrons. The lowest BCUT2D eigenvalue weighted by atomic mass is 10.1. The molecular weight excluding hydrogens is 288 g/mol. The van der Waals surface area contributed by atoms with Crippen LogP contribution >= 0.6 is 0 Å². The van der Waals surface area contributed by atoms with Crippen molar-refractivity contribution in [2.24, 2.45) is 0 Å². The van der Waals surface area contributed by atoms with Gasteiger partial charge in [0.05, 0.1) is 6.54 Å². The molecule has 3 aromatic rings. The summed E-state index contributed by atoms with van der Waals surface area (Å²) in [6.45, 7) is 6.29. The lowest BCUT2D eigenvalue weighted by Gasteiger charge is -2.06. The van der Waals surface area contributed by atoms with Gasteiger partial charge in [0, 0.05) is 25.7 Å². The number of hydrogen-bond acceptors (Lipinski definition) is 3. The molecule has 23 heavy (non-hydrogen) atoms. The number of hydrogen-bond donors (Lipinski definition) is 2. The monoisotopic (exact) mass is 309 g/mol. The standard InChI is InChI=1S/C18H20N4O/c1-3-23-10-6-9-20-17-11-13(2)14(12-19)18-21-15-7-4-5-8-16(15)22(17)18/h4-5,7-8,11H,3,6,9-10H2,1-2H3,(H,20,21)/p+1. The zero-order chi connectivity index (χ0) is 16.2. The Bertz CT molecular complexity index is 876. The molecule has 2 N–H and O–H groups in total. The summed E-state index contributed by atoms with van der Waals surface area (Å²) in [6.07, 6.45) is 0.942. The Labute approximate surface area is 135 Å². The van der Waals surface area contributed by atoms with E-state index in [-0.39, 0.29) is 0 Å². The van der Waals surface area contributed by atoms with Crippen LogP contribution in [0.4, 0.5) is 5.82 Å². The maximum absolute atomic E-state index is 9.49. The van der Waals surface area contributed by atoms with Gasteiger partial charge in [-0.1, -0.05) is 12.1 Å². The van der Waals surface area contributed by atoms with Gasteiger partial charge in [0.15, 0.2) is 0 Å². The number of pyridine rings is 1. The second-order valence-corrected chi connectivity index (χ2v) is 5.50. The highest BCUT2D eigenvalue weighted by atomic mass is 16.5. The smallest absolute Gasteiger partial charge is 0.250 e. The van der Waals surface area contributed by atoms with Gasteiger partial charge in [-0.15, -0.1) is 0 Å². The van der Waals surface area contributed by atoms with E-state index >= 15 is 0 Å². The maximum atomic E-state index is 9.49. The Balaban J connectivity index is 2.05. The summed E-state index contributed by atoms with van der Waals surface area (Å²) < 4.78 is 7.46. The van der Waals surface area contributed by atoms with E-state index in [4.69, 9.17) is 4.74 Å². The van der Waals surface area contributed by atoms with Crippen molar-refractivity contribution in [3.05, 3.63) is 41.5 Å². The third-order valence-corrected chi connectivity index (χ3v) is 3.93. The number of nitrogens with zero attached hydrogens (tertiary/aromatic N) is 2. The Morgan fingerprint density at radius 2 is 2.17 bits per heavy atom. The van der Waals surface area contributed by atoms with Crippen molar-refractivity contribution >= 4 is 22.5 Å². The molecule has 0 unspecified atom stereocenters. The van der Waals surface area contributed by atoms with Crippen molar-refractivity contribution in [2.45, 2.75) is 20.3 Å². The van der Waals surface area contributed by atoms with Crippen molar-refractivity contribution in [3.8, 4) is 6.07 Å². The van der Waals surface area contributed by atoms with Gasteiger partial charge >= 0.3 is 0 Å². The zero-order valence-corrected chi connectivity index (χ0v) is 13.5. The van der Waals surface area contributed by atoms with Gasteiger partial charge in [-0.2, -0.15) is 9.66 Å². The second-order valence-electron chi connectivity index (χ2n) is 5.50. The first-order valence-electron chi connectivity index (χ1n) is 7.94. The molecule has 5 nitrogen and oxygen atoms in total. The molecule has 2 heterocycles. The molecule has 118 valence electrons. The quantitative estimate of drug-likeness (QED) is 0.543. The van der Waals surface area contributed by atoms with Crippen LogP contribution in [-0.2, 0) is 4.74 Å². The zero-order valence-electron chi connectivity index (χ0n) is 13.5. The number of fused-ring (bicyclic) bond motifs is 3. The average Bonchev–Trinajstić information content (AvgIpc) is 2.94. The first-order valence-corrected chi connectivity index (χ1v) is 7.94. The number of nitriles is 1. The van der Waals surface area contributed by atoms with Gasteiger partial charge in [0.1, 0.15) is 22.7 Å². The number of imidazole rings is 1. The Hall–Kier alpha value is -2.58. The number of ether oxygens (including phenoxy) is 1. The van der Waals surface area contributed by atoms with Gasteiger partial charge in [-0.05, 0) is 31.5 Å². The SMILES string of the molecule is CCOCCCNc1cc(C)c(C#N)c2[nH]c3ccccc3[n+]12. The summed E-state index contributed by atoms with van der Waals surface area (Å²) in [7, 11) is 0. The van der Waals surface area contributed by atoms with E-state index in [0.717, 1.165) is 54.2 Å². The molecule has 2 aromatic heterocycles. The topological polar surface area (TPSA) is 64.9 Å². The van der Waals surface area contributed by atoms with Crippen molar-refractivity contribution in [3.63, 3.8) is 0 Å². The number of H-pyrrole nitrogens is 1. The lowest BCUT2D eigenvalue weighted by Crippen LogP contribution is -2.28. The van der Waals surface area contributed by atoms with Crippen LogP contribution in [0.2, 0.25) is 0 Å². The highest BCUT2D eigenvalue weighted by Crippen LogP contribution is 2.19. The van der Waals surface area contributed by atoms with E-state index in [9.17, 15) is 5.26 Å². The molecule has 0 saturated heterocycles. The van der Waals surface area contributed by atoms with Crippen LogP contribution in [0.1, 0.15) is 24.5 Å². The van der Waals surface area contributed by atoms with Crippen LogP contribution in [0.25, 0.3) is 16.7 Å². The van der Waals surface area contributed by atoms with Crippen molar-refractivity contribution in [2.75, 3.05) is 25.1 Å². The van der Waals surface area contributed by atoms with Crippen LogP contribution < -0.4 is 9.72 Å². The average molecular weight is 309 g/mol. The van der Waals surface area contributed by atoms with E-state index in [1.807, 2.05) is 38.1 Å². The van der Waals surface area contributed by atoms with Crippen LogP contribution in [-0.4, -0.2) is 24.7 Å². The Morgan fingerprint density at radius 3 is 2.96 bits per heavy atom. The molecule has 0 bridgehead atoms. The molecule has 3 rings (SSSR count). The largest absolute Gasteiger partial charge is 0.382 e. The van der Waals surface area contributed by atoms with Gasteiger partial charge in [0.25, 0.3) is 0 Å². The fourth-order valence-corrected chi connectivity index (χ4v) is 2.84. The van der Waals surface area contributed by atoms with Crippen LogP contribution in [0.5, 0.6) is 0 Å². The van der Waals surface area contributed by atoms with Crippen molar-refractivity contribution < 1.29 is 9.14 Å². The lowest BCUT2D eigenvalue weighted by molar-refractivity contribution is -0.465. The summed E-state index contributed by atoms with van der Waals surface area (Å²) in [4.78, 5) is 3.37. The molecule has 0 amide bonds. The number of benzene rings is 1. The van der Waals surface area contributed by atoms with Crippen LogP contribution in [0.3, 0.4) is 0 Å². The van der Waals surface area contributed by atoms with Gasteiger partial charge < -0.3 is 10.1 Å². The van der Waals surface area contributed by atoms with Gasteiger partial charge in [0.2, 0.25) is 11.5 Å². The molecule has 0 aliphatic carbocycles. The summed E-state index contributed by atoms with van der Waals surface area (Å²) in [5, 5.41) is 13.0. The molecule has 0 aliphatic rings. The van der Waals surface area contributed by atoms with Crippen molar-refractivity contribution in [1.82, 2.24) is 4.98 Å². The van der Waals surface area contributed by atoms with E-state index in [1.165, 1.54) is 0 Å². The Kier molecular flexibility index (Phi) is 4.45. The normalized spacial score (nSPS) is 11.0. The molecule has 0 atom stereocenters. The third-order valence-electron chi connectivity index (χ3n) is 3.93. The number of aromatic amines is 1. The summed E-state index contributed by atoms with van der Waals surface area (Å²) >= 11 is 0. The minimum Gasteiger partial charge on any atom is -0.382 e. The molecule has 5 heteroatoms. The molecule has 0 aliphatic heterocycles. The predicted octanol–water partition coefficient (Wildman–Crippen LogP) is 2.93. The molecule has 1 aromatic carbocycles. The number of aryl methyl sites for hydroxylation is 1. The molecule has 0 fully saturated rings. The maximum Gasteiger partial charge on any atom is 0.250 e. The number of rotatable bonds is 6. The highest BCUT2D eigenvalue weighted by molar-refractivity contribution is 5.77. The van der Waals surface area contributed by atoms with E-state index in [0.29, 0.717) is 5.56 Å². The van der Waals surface area contributed by atoms with E-state index < -0.39 is 0 Å². The second kappa shape index (κ2) is 6.67. The summed E-state index contributed by atoms with van der Waals surface area (Å²) in [5.74, 6) is 0.991. The number of anilines is 1. The first kappa shape index (κ1) is 15.3. The number of para-hydroxylation sites is 2. The van der Waals surface area contributed by atoms with E-state index in [1.54, 1.807) is 0 Å². The number of nitrogens with one attached hydrogen (secondary N) is 2. The van der Waals surface area contributed by atoms with Gasteiger partial charge in [-0.3, -0.25) is 4.98 Å². The fourth-order valence-electron chi connectivity index (χ4n) is 2.84. The third kappa shape index (κ3) is 2.86. The van der Waals surface area contributed by atoms with Gasteiger partial charge in [-0.25, -0.2) is 0 Å². The van der Waals surface area contributed by atoms with Crippen molar-refractivity contribution in [1.29, 1.82) is 5.26 Å². The predicted molar refractivity (Wildman–Crippen MR) is 90.5 cm³/mol. The molecular formula is C18H21N4O+. The molecule has 0 spiro atoms. The summed E-state index contributed by atoms with van der Waals surface area (Å²) in [6, 6.07) is 12.4. The number of aromatic nitrogens is 2. The minimum absolute atomic E-state index is 0.682. The molecule has 0 saturated carbocycles. The Morgan fingerprint density at radius 1 is 1.35 bits per heavy atom. The summed E-state index contributed by atoms with van der Waals surface area (Å²) in [5.41, 5.74) is 4.56. The highest BCUT2D eigenvalue weighted by Gasteiger charge is 2.19. The van der Waals surface area contributed by atoms with E-state index in [2.05, 4.69) is 26.8 Å². The first-order chi connectivity index (χ1) is 11.3. The van der Waals surface area contributed by atoms with Crippen LogP contribution in [0.15, 0.2) is 30.3 Å². The minimum atomic E-state index is 0.682. The van der Waals surface area contributed by atoms with Crippen LogP contribution in [0, 0.1) is 18.3 Å².